The highest BCUT2D eigenvalue weighted by Crippen LogP contribution is 2.25. The second-order valence-corrected chi connectivity index (χ2v) is 9.12. The lowest BCUT2D eigenvalue weighted by Gasteiger charge is -2.20. The lowest BCUT2D eigenvalue weighted by Crippen LogP contribution is -2.35. The molecule has 0 unspecified atom stereocenters. The van der Waals surface area contributed by atoms with Crippen LogP contribution in [0.2, 0.25) is 5.02 Å². The largest absolute Gasteiger partial charge is 0.496 e. The molecule has 0 fully saturated rings. The molecule has 0 aliphatic heterocycles. The summed E-state index contributed by atoms with van der Waals surface area (Å²) in [5.74, 6) is -0.119. The Morgan fingerprint density at radius 1 is 1.10 bits per heavy atom. The summed E-state index contributed by atoms with van der Waals surface area (Å²) in [6.07, 6.45) is 0. The van der Waals surface area contributed by atoms with Crippen LogP contribution in [0.4, 0.5) is 0 Å². The molecule has 0 saturated heterocycles. The van der Waals surface area contributed by atoms with Crippen molar-refractivity contribution in [1.82, 2.24) is 13.4 Å². The van der Waals surface area contributed by atoms with Gasteiger partial charge in [-0.25, -0.2) is 13.2 Å². The summed E-state index contributed by atoms with van der Waals surface area (Å²) in [6, 6.07) is 9.06. The Morgan fingerprint density at radius 2 is 1.77 bits per heavy atom. The number of hydrogen-bond donors (Lipinski definition) is 0. The zero-order chi connectivity index (χ0) is 22.2. The number of methoxy groups -OCH3 is 1. The normalized spacial score (nSPS) is 11.9. The van der Waals surface area contributed by atoms with Crippen LogP contribution in [-0.4, -0.2) is 47.8 Å². The Hall–Kier alpha value is -2.62. The fourth-order valence-electron chi connectivity index (χ4n) is 3.31. The minimum atomic E-state index is -3.98. The van der Waals surface area contributed by atoms with Crippen LogP contribution in [0.25, 0.3) is 11.0 Å². The number of rotatable bonds is 7. The number of carbonyl (C=O) groups excluding carboxylic acids is 1. The van der Waals surface area contributed by atoms with E-state index in [1.165, 1.54) is 34.4 Å². The predicted octanol–water partition coefficient (Wildman–Crippen LogP) is 2.43. The molecule has 0 N–H and O–H groups in total. The van der Waals surface area contributed by atoms with E-state index in [1.54, 1.807) is 39.2 Å². The van der Waals surface area contributed by atoms with E-state index in [-0.39, 0.29) is 29.2 Å². The van der Waals surface area contributed by atoms with Crippen LogP contribution in [0, 0.1) is 0 Å². The quantitative estimate of drug-likeness (QED) is 0.514. The molecule has 0 atom stereocenters. The molecule has 0 aliphatic rings. The number of hydrogen-bond acceptors (Lipinski definition) is 5. The van der Waals surface area contributed by atoms with E-state index in [0.717, 1.165) is 4.31 Å². The molecule has 3 rings (SSSR count). The Labute approximate surface area is 179 Å². The van der Waals surface area contributed by atoms with Crippen molar-refractivity contribution in [1.29, 1.82) is 0 Å². The van der Waals surface area contributed by atoms with Gasteiger partial charge >= 0.3 is 5.69 Å². The number of aryl methyl sites for hydroxylation is 2. The Bertz CT molecular complexity index is 1290. The van der Waals surface area contributed by atoms with Crippen LogP contribution in [0.5, 0.6) is 5.75 Å². The highest BCUT2D eigenvalue weighted by atomic mass is 35.5. The van der Waals surface area contributed by atoms with Crippen LogP contribution >= 0.6 is 11.6 Å². The number of Topliss-reactive ketones (excluding diaryl/α,β-unsaturated/α-hetero) is 1. The molecule has 3 aromatic rings. The molecular formula is C20H22ClN3O5S. The highest BCUT2D eigenvalue weighted by Gasteiger charge is 2.27. The van der Waals surface area contributed by atoms with Crippen LogP contribution in [0.3, 0.4) is 0 Å². The lowest BCUT2D eigenvalue weighted by molar-refractivity contribution is 0.0964. The number of fused-ring (bicyclic) bond motifs is 1. The van der Waals surface area contributed by atoms with Gasteiger partial charge in [0.1, 0.15) is 5.75 Å². The summed E-state index contributed by atoms with van der Waals surface area (Å²) < 4.78 is 35.5. The molecule has 0 amide bonds. The summed E-state index contributed by atoms with van der Waals surface area (Å²) in [7, 11) is 0.639. The van der Waals surface area contributed by atoms with Crippen LogP contribution < -0.4 is 10.4 Å². The van der Waals surface area contributed by atoms with Crippen molar-refractivity contribution in [3.05, 3.63) is 57.5 Å². The molecule has 160 valence electrons. The Morgan fingerprint density at radius 3 is 2.40 bits per heavy atom. The van der Waals surface area contributed by atoms with Gasteiger partial charge in [0, 0.05) is 25.7 Å². The maximum Gasteiger partial charge on any atom is 0.328 e. The van der Waals surface area contributed by atoms with Crippen molar-refractivity contribution in [2.45, 2.75) is 11.8 Å². The van der Waals surface area contributed by atoms with Crippen LogP contribution in [0.1, 0.15) is 17.3 Å². The summed E-state index contributed by atoms with van der Waals surface area (Å²) in [6.45, 7) is 1.36. The van der Waals surface area contributed by atoms with Crippen molar-refractivity contribution in [3.63, 3.8) is 0 Å². The zero-order valence-corrected chi connectivity index (χ0v) is 18.6. The minimum Gasteiger partial charge on any atom is -0.496 e. The van der Waals surface area contributed by atoms with Crippen molar-refractivity contribution in [2.75, 3.05) is 20.2 Å². The summed E-state index contributed by atoms with van der Waals surface area (Å²) in [5, 5.41) is 0.348. The average molecular weight is 452 g/mol. The van der Waals surface area contributed by atoms with Gasteiger partial charge in [-0.05, 0) is 36.4 Å². The van der Waals surface area contributed by atoms with E-state index in [9.17, 15) is 18.0 Å². The first-order valence-electron chi connectivity index (χ1n) is 9.14. The molecule has 8 nitrogen and oxygen atoms in total. The molecule has 0 radical (unpaired) electrons. The standard InChI is InChI=1S/C20H22ClN3O5S/c1-5-24(12-18(25)15-10-13(21)6-9-19(15)29-4)30(27,28)14-7-8-16-17(11-14)23(3)20(26)22(16)2/h6-11H,5,12H2,1-4H3. The Kier molecular flexibility index (Phi) is 6.07. The maximum absolute atomic E-state index is 13.2. The minimum absolute atomic E-state index is 0.00362. The average Bonchev–Trinajstić information content (AvgIpc) is 2.95. The smallest absolute Gasteiger partial charge is 0.328 e. The number of ketones is 1. The molecule has 0 spiro atoms. The molecular weight excluding hydrogens is 430 g/mol. The number of aromatic nitrogens is 2. The van der Waals surface area contributed by atoms with Gasteiger partial charge in [0.05, 0.1) is 35.1 Å². The number of carbonyl (C=O) groups is 1. The van der Waals surface area contributed by atoms with Gasteiger partial charge in [0.2, 0.25) is 10.0 Å². The first kappa shape index (κ1) is 22.1. The topological polar surface area (TPSA) is 90.6 Å². The molecule has 10 heteroatoms. The number of benzene rings is 2. The van der Waals surface area contributed by atoms with E-state index in [0.29, 0.717) is 21.8 Å². The number of halogens is 1. The van der Waals surface area contributed by atoms with Gasteiger partial charge < -0.3 is 4.74 Å². The molecule has 0 aliphatic carbocycles. The summed E-state index contributed by atoms with van der Waals surface area (Å²) >= 11 is 5.99. The monoisotopic (exact) mass is 451 g/mol. The molecule has 30 heavy (non-hydrogen) atoms. The van der Waals surface area contributed by atoms with Gasteiger partial charge in [0.15, 0.2) is 5.78 Å². The fraction of sp³-hybridized carbons (Fsp3) is 0.300. The SMILES string of the molecule is CCN(CC(=O)c1cc(Cl)ccc1OC)S(=O)(=O)c1ccc2c(c1)n(C)c(=O)n2C. The molecule has 0 bridgehead atoms. The van der Waals surface area contributed by atoms with Crippen LogP contribution in [0.15, 0.2) is 46.1 Å². The third-order valence-electron chi connectivity index (χ3n) is 5.02. The first-order valence-corrected chi connectivity index (χ1v) is 11.0. The van der Waals surface area contributed by atoms with Gasteiger partial charge in [-0.1, -0.05) is 18.5 Å². The second kappa shape index (κ2) is 8.25. The van der Waals surface area contributed by atoms with E-state index < -0.39 is 15.8 Å². The predicted molar refractivity (Wildman–Crippen MR) is 115 cm³/mol. The number of sulfonamides is 1. The summed E-state index contributed by atoms with van der Waals surface area (Å²) in [4.78, 5) is 25.0. The first-order chi connectivity index (χ1) is 14.1. The van der Waals surface area contributed by atoms with Crippen molar-refractivity contribution in [3.8, 4) is 5.75 Å². The second-order valence-electron chi connectivity index (χ2n) is 6.75. The summed E-state index contributed by atoms with van der Waals surface area (Å²) in [5.41, 5.74) is 1.06. The Balaban J connectivity index is 1.99. The molecule has 1 heterocycles. The van der Waals surface area contributed by atoms with E-state index in [4.69, 9.17) is 16.3 Å². The fourth-order valence-corrected chi connectivity index (χ4v) is 4.90. The lowest BCUT2D eigenvalue weighted by atomic mass is 10.1. The van der Waals surface area contributed by atoms with Crippen LogP contribution in [-0.2, 0) is 24.1 Å². The van der Waals surface area contributed by atoms with Crippen molar-refractivity contribution < 1.29 is 17.9 Å². The van der Waals surface area contributed by atoms with E-state index in [2.05, 4.69) is 0 Å². The molecule has 0 saturated carbocycles. The number of likely N-dealkylation sites (N-methyl/N-ethyl adjacent to an activating group) is 1. The zero-order valence-electron chi connectivity index (χ0n) is 17.0. The molecule has 1 aromatic heterocycles. The van der Waals surface area contributed by atoms with E-state index >= 15 is 0 Å². The number of ether oxygens (including phenoxy) is 1. The number of nitrogens with zero attached hydrogens (tertiary/aromatic N) is 3. The third kappa shape index (κ3) is 3.76. The van der Waals surface area contributed by atoms with Gasteiger partial charge in [-0.2, -0.15) is 4.31 Å². The number of imidazole rings is 1. The van der Waals surface area contributed by atoms with Gasteiger partial charge in [0.25, 0.3) is 0 Å². The third-order valence-corrected chi connectivity index (χ3v) is 7.17. The van der Waals surface area contributed by atoms with Crippen molar-refractivity contribution >= 4 is 38.4 Å². The van der Waals surface area contributed by atoms with E-state index in [1.807, 2.05) is 0 Å². The van der Waals surface area contributed by atoms with Gasteiger partial charge in [-0.3, -0.25) is 13.9 Å². The maximum atomic E-state index is 13.2. The van der Waals surface area contributed by atoms with Gasteiger partial charge in [-0.15, -0.1) is 0 Å². The molecule has 2 aromatic carbocycles. The van der Waals surface area contributed by atoms with Crippen molar-refractivity contribution in [2.24, 2.45) is 14.1 Å². The highest BCUT2D eigenvalue weighted by molar-refractivity contribution is 7.89.